The Balaban J connectivity index is 3.06. The van der Waals surface area contributed by atoms with Gasteiger partial charge in [0.2, 0.25) is 0 Å². The first-order chi connectivity index (χ1) is 7.36. The summed E-state index contributed by atoms with van der Waals surface area (Å²) in [5.41, 5.74) is 7.92. The molecule has 0 spiro atoms. The minimum atomic E-state index is -0.360. The number of rotatable bonds is 4. The maximum Gasteiger partial charge on any atom is 0.0438 e. The van der Waals surface area contributed by atoms with Gasteiger partial charge in [-0.2, -0.15) is 0 Å². The molecule has 1 unspecified atom stereocenters. The van der Waals surface area contributed by atoms with Crippen molar-refractivity contribution in [3.05, 3.63) is 34.3 Å². The molecule has 0 heterocycles. The summed E-state index contributed by atoms with van der Waals surface area (Å²) >= 11 is 6.10. The van der Waals surface area contributed by atoms with Gasteiger partial charge in [0.05, 0.1) is 0 Å². The lowest BCUT2D eigenvalue weighted by molar-refractivity contribution is 0.250. The highest BCUT2D eigenvalue weighted by Gasteiger charge is 2.26. The molecule has 0 aliphatic carbocycles. The number of halogens is 1. The van der Waals surface area contributed by atoms with E-state index in [9.17, 15) is 0 Å². The van der Waals surface area contributed by atoms with Crippen LogP contribution in [0.2, 0.25) is 5.02 Å². The SMILES string of the molecule is Cc1ccc(C(CCO)C(C)(C)N)cc1Cl. The average Bonchev–Trinajstić information content (AvgIpc) is 2.17. The van der Waals surface area contributed by atoms with E-state index in [1.807, 2.05) is 39.0 Å². The zero-order valence-corrected chi connectivity index (χ0v) is 10.9. The van der Waals surface area contributed by atoms with Gasteiger partial charge in [0.25, 0.3) is 0 Å². The second kappa shape index (κ2) is 5.17. The highest BCUT2D eigenvalue weighted by atomic mass is 35.5. The van der Waals surface area contributed by atoms with Crippen LogP contribution in [0.15, 0.2) is 18.2 Å². The van der Waals surface area contributed by atoms with Crippen LogP contribution < -0.4 is 5.73 Å². The van der Waals surface area contributed by atoms with E-state index in [0.717, 1.165) is 16.1 Å². The predicted molar refractivity (Wildman–Crippen MR) is 68.9 cm³/mol. The highest BCUT2D eigenvalue weighted by Crippen LogP contribution is 2.31. The van der Waals surface area contributed by atoms with Crippen LogP contribution in [0.5, 0.6) is 0 Å². The molecule has 1 aromatic carbocycles. The molecule has 0 bridgehead atoms. The van der Waals surface area contributed by atoms with E-state index in [1.54, 1.807) is 0 Å². The zero-order chi connectivity index (χ0) is 12.3. The molecule has 1 aromatic rings. The Bertz CT molecular complexity index is 357. The van der Waals surface area contributed by atoms with Crippen LogP contribution in [0.3, 0.4) is 0 Å². The van der Waals surface area contributed by atoms with E-state index in [2.05, 4.69) is 0 Å². The molecule has 0 aliphatic rings. The fourth-order valence-corrected chi connectivity index (χ4v) is 2.11. The third-order valence-electron chi connectivity index (χ3n) is 2.91. The quantitative estimate of drug-likeness (QED) is 0.852. The van der Waals surface area contributed by atoms with Crippen molar-refractivity contribution < 1.29 is 5.11 Å². The van der Waals surface area contributed by atoms with Gasteiger partial charge in [-0.05, 0) is 44.4 Å². The number of nitrogens with two attached hydrogens (primary N) is 1. The number of hydrogen-bond acceptors (Lipinski definition) is 2. The molecule has 0 radical (unpaired) electrons. The van der Waals surface area contributed by atoms with Crippen LogP contribution in [-0.2, 0) is 0 Å². The smallest absolute Gasteiger partial charge is 0.0438 e. The first-order valence-electron chi connectivity index (χ1n) is 5.52. The first-order valence-corrected chi connectivity index (χ1v) is 5.90. The van der Waals surface area contributed by atoms with Crippen molar-refractivity contribution in [2.45, 2.75) is 38.6 Å². The normalized spacial score (nSPS) is 13.9. The standard InChI is InChI=1S/C13H20ClNO/c1-9-4-5-10(8-12(9)14)11(6-7-16)13(2,3)15/h4-5,8,11,16H,6-7,15H2,1-3H3. The molecule has 0 saturated carbocycles. The number of aliphatic hydroxyl groups excluding tert-OH is 1. The van der Waals surface area contributed by atoms with E-state index in [0.29, 0.717) is 6.42 Å². The second-order valence-corrected chi connectivity index (χ2v) is 5.30. The van der Waals surface area contributed by atoms with Crippen LogP contribution >= 0.6 is 11.6 Å². The summed E-state index contributed by atoms with van der Waals surface area (Å²) in [6.07, 6.45) is 0.656. The Hall–Kier alpha value is -0.570. The lowest BCUT2D eigenvalue weighted by Gasteiger charge is -2.31. The fraction of sp³-hybridized carbons (Fsp3) is 0.538. The van der Waals surface area contributed by atoms with Gasteiger partial charge in [-0.25, -0.2) is 0 Å². The van der Waals surface area contributed by atoms with Crippen LogP contribution in [0.1, 0.15) is 37.3 Å². The van der Waals surface area contributed by atoms with Gasteiger partial charge in [0.1, 0.15) is 0 Å². The Morgan fingerprint density at radius 1 is 1.44 bits per heavy atom. The monoisotopic (exact) mass is 241 g/mol. The number of aliphatic hydroxyl groups is 1. The van der Waals surface area contributed by atoms with Gasteiger partial charge in [-0.15, -0.1) is 0 Å². The lowest BCUT2D eigenvalue weighted by Crippen LogP contribution is -2.39. The number of benzene rings is 1. The Morgan fingerprint density at radius 2 is 2.06 bits per heavy atom. The summed E-state index contributed by atoms with van der Waals surface area (Å²) in [5, 5.41) is 9.85. The van der Waals surface area contributed by atoms with Crippen LogP contribution in [0, 0.1) is 6.92 Å². The molecule has 1 rings (SSSR count). The Labute approximate surface area is 102 Å². The maximum absolute atomic E-state index is 9.10. The molecule has 0 amide bonds. The molecular weight excluding hydrogens is 222 g/mol. The molecule has 3 heteroatoms. The Morgan fingerprint density at radius 3 is 2.50 bits per heavy atom. The third-order valence-corrected chi connectivity index (χ3v) is 3.32. The topological polar surface area (TPSA) is 46.2 Å². The largest absolute Gasteiger partial charge is 0.396 e. The van der Waals surface area contributed by atoms with Crippen LogP contribution in [0.25, 0.3) is 0 Å². The van der Waals surface area contributed by atoms with Crippen LogP contribution in [0.4, 0.5) is 0 Å². The van der Waals surface area contributed by atoms with Crippen LogP contribution in [-0.4, -0.2) is 17.3 Å². The first kappa shape index (κ1) is 13.5. The molecular formula is C13H20ClNO. The minimum absolute atomic E-state index is 0.121. The predicted octanol–water partition coefficient (Wildman–Crippen LogP) is 2.85. The molecule has 0 aromatic heterocycles. The third kappa shape index (κ3) is 3.21. The van der Waals surface area contributed by atoms with E-state index in [1.165, 1.54) is 0 Å². The maximum atomic E-state index is 9.10. The summed E-state index contributed by atoms with van der Waals surface area (Å²) in [5.74, 6) is 0.121. The van der Waals surface area contributed by atoms with Crippen molar-refractivity contribution in [1.29, 1.82) is 0 Å². The minimum Gasteiger partial charge on any atom is -0.396 e. The lowest BCUT2D eigenvalue weighted by atomic mass is 9.80. The Kier molecular flexibility index (Phi) is 4.36. The molecule has 0 fully saturated rings. The van der Waals surface area contributed by atoms with Gasteiger partial charge < -0.3 is 10.8 Å². The number of hydrogen-bond donors (Lipinski definition) is 2. The van der Waals surface area contributed by atoms with E-state index in [-0.39, 0.29) is 18.1 Å². The molecule has 1 atom stereocenters. The summed E-state index contributed by atoms with van der Waals surface area (Å²) in [7, 11) is 0. The molecule has 2 nitrogen and oxygen atoms in total. The summed E-state index contributed by atoms with van der Waals surface area (Å²) in [4.78, 5) is 0. The molecule has 16 heavy (non-hydrogen) atoms. The van der Waals surface area contributed by atoms with E-state index >= 15 is 0 Å². The average molecular weight is 242 g/mol. The van der Waals surface area contributed by atoms with Crippen molar-refractivity contribution >= 4 is 11.6 Å². The molecule has 90 valence electrons. The highest BCUT2D eigenvalue weighted by molar-refractivity contribution is 6.31. The van der Waals surface area contributed by atoms with Crippen molar-refractivity contribution in [3.8, 4) is 0 Å². The summed E-state index contributed by atoms with van der Waals surface area (Å²) < 4.78 is 0. The van der Waals surface area contributed by atoms with Crippen molar-refractivity contribution in [1.82, 2.24) is 0 Å². The number of aryl methyl sites for hydroxylation is 1. The van der Waals surface area contributed by atoms with Gasteiger partial charge >= 0.3 is 0 Å². The summed E-state index contributed by atoms with van der Waals surface area (Å²) in [6, 6.07) is 5.98. The summed E-state index contributed by atoms with van der Waals surface area (Å²) in [6.45, 7) is 6.06. The van der Waals surface area contributed by atoms with Gasteiger partial charge in [0.15, 0.2) is 0 Å². The van der Waals surface area contributed by atoms with Gasteiger partial charge in [0, 0.05) is 23.1 Å². The van der Waals surface area contributed by atoms with Crippen molar-refractivity contribution in [2.24, 2.45) is 5.73 Å². The van der Waals surface area contributed by atoms with E-state index in [4.69, 9.17) is 22.4 Å². The zero-order valence-electron chi connectivity index (χ0n) is 10.1. The molecule has 3 N–H and O–H groups in total. The second-order valence-electron chi connectivity index (χ2n) is 4.89. The van der Waals surface area contributed by atoms with Gasteiger partial charge in [-0.1, -0.05) is 23.7 Å². The molecule has 0 aliphatic heterocycles. The van der Waals surface area contributed by atoms with Crippen molar-refractivity contribution in [3.63, 3.8) is 0 Å². The van der Waals surface area contributed by atoms with E-state index < -0.39 is 0 Å². The molecule has 0 saturated heterocycles. The fourth-order valence-electron chi connectivity index (χ4n) is 1.92. The van der Waals surface area contributed by atoms with Gasteiger partial charge in [-0.3, -0.25) is 0 Å². The van der Waals surface area contributed by atoms with Crippen molar-refractivity contribution in [2.75, 3.05) is 6.61 Å².